The number of hydrogen-bond acceptors (Lipinski definition) is 5. The van der Waals surface area contributed by atoms with Gasteiger partial charge in [-0.1, -0.05) is 41.8 Å². The Hall–Kier alpha value is -1.91. The van der Waals surface area contributed by atoms with Crippen LogP contribution in [-0.4, -0.2) is 51.4 Å². The average Bonchev–Trinajstić information content (AvgIpc) is 2.69. The molecule has 1 unspecified atom stereocenters. The molecule has 1 aliphatic heterocycles. The fraction of sp³-hybridized carbons (Fsp3) is 0.333. The van der Waals surface area contributed by atoms with E-state index in [4.69, 9.17) is 22.8 Å². The largest absolute Gasteiger partial charge is 0.394 e. The second-order valence-electron chi connectivity index (χ2n) is 6.62. The lowest BCUT2D eigenvalue weighted by Gasteiger charge is -2.40. The third-order valence-electron chi connectivity index (χ3n) is 4.81. The van der Waals surface area contributed by atoms with Gasteiger partial charge in [0.25, 0.3) is 0 Å². The number of benzene rings is 2. The Bertz CT molecular complexity index is 827. The van der Waals surface area contributed by atoms with Crippen LogP contribution in [0.2, 0.25) is 5.02 Å². The summed E-state index contributed by atoms with van der Waals surface area (Å²) in [5.41, 5.74) is 3.23. The Kier molecular flexibility index (Phi) is 6.18. The molecule has 1 fully saturated rings. The predicted octanol–water partition coefficient (Wildman–Crippen LogP) is 1.43. The molecule has 4 N–H and O–H groups in total. The van der Waals surface area contributed by atoms with Gasteiger partial charge in [0.1, 0.15) is 30.5 Å². The first-order valence-electron chi connectivity index (χ1n) is 8.59. The van der Waals surface area contributed by atoms with Crippen molar-refractivity contribution in [2.75, 3.05) is 6.61 Å². The molecule has 0 aromatic heterocycles. The topological polar surface area (TPSA) is 90.2 Å². The summed E-state index contributed by atoms with van der Waals surface area (Å²) in [7, 11) is 0. The summed E-state index contributed by atoms with van der Waals surface area (Å²) in [6, 6.07) is 12.7. The molecule has 2 aromatic carbocycles. The normalized spacial score (nSPS) is 27.9. The summed E-state index contributed by atoms with van der Waals surface area (Å²) in [5.74, 6) is 2.57. The van der Waals surface area contributed by atoms with Gasteiger partial charge >= 0.3 is 0 Å². The number of rotatable bonds is 4. The standard InChI is InChI=1S/C21H21ClO5/c1-2-12-3-5-13(6-4-12)9-15-10-14(7-8-16(15)22)21-20(26)19(25)18(24)17(11-23)27-21/h1,3-8,10,17-21,23-26H,9,11H2/t17-,18-,19?,20-,21+/m1/s1. The first kappa shape index (κ1) is 19.8. The van der Waals surface area contributed by atoms with Gasteiger partial charge in [0.15, 0.2) is 0 Å². The minimum Gasteiger partial charge on any atom is -0.394 e. The molecule has 3 rings (SSSR count). The lowest BCUT2D eigenvalue weighted by atomic mass is 9.90. The van der Waals surface area contributed by atoms with Crippen LogP contribution in [0.25, 0.3) is 0 Å². The van der Waals surface area contributed by atoms with E-state index in [0.717, 1.165) is 16.7 Å². The van der Waals surface area contributed by atoms with Crippen molar-refractivity contribution < 1.29 is 25.2 Å². The molecule has 2 aromatic rings. The molecular formula is C21H21ClO5. The fourth-order valence-electron chi connectivity index (χ4n) is 3.22. The minimum absolute atomic E-state index is 0.469. The predicted molar refractivity (Wildman–Crippen MR) is 101 cm³/mol. The van der Waals surface area contributed by atoms with Crippen LogP contribution in [0.4, 0.5) is 0 Å². The van der Waals surface area contributed by atoms with Gasteiger partial charge in [0.2, 0.25) is 0 Å². The number of ether oxygens (including phenoxy) is 1. The molecule has 0 saturated carbocycles. The van der Waals surface area contributed by atoms with Gasteiger partial charge in [-0.2, -0.15) is 0 Å². The molecule has 0 amide bonds. The molecule has 5 nitrogen and oxygen atoms in total. The van der Waals surface area contributed by atoms with Crippen LogP contribution >= 0.6 is 11.6 Å². The number of aliphatic hydroxyl groups is 4. The number of aliphatic hydroxyl groups excluding tert-OH is 4. The maximum absolute atomic E-state index is 10.3. The lowest BCUT2D eigenvalue weighted by Crippen LogP contribution is -2.55. The molecule has 0 radical (unpaired) electrons. The second kappa shape index (κ2) is 8.41. The van der Waals surface area contributed by atoms with Crippen molar-refractivity contribution in [2.24, 2.45) is 0 Å². The van der Waals surface area contributed by atoms with Crippen molar-refractivity contribution >= 4 is 11.6 Å². The Morgan fingerprint density at radius 2 is 1.70 bits per heavy atom. The Balaban J connectivity index is 1.86. The van der Waals surface area contributed by atoms with Crippen LogP contribution < -0.4 is 0 Å². The highest BCUT2D eigenvalue weighted by Crippen LogP contribution is 2.34. The first-order valence-corrected chi connectivity index (χ1v) is 8.96. The first-order chi connectivity index (χ1) is 12.9. The van der Waals surface area contributed by atoms with Crippen LogP contribution in [0.1, 0.15) is 28.4 Å². The van der Waals surface area contributed by atoms with Gasteiger partial charge in [-0.25, -0.2) is 0 Å². The highest BCUT2D eigenvalue weighted by Gasteiger charge is 2.43. The van der Waals surface area contributed by atoms with Crippen LogP contribution in [-0.2, 0) is 11.2 Å². The van der Waals surface area contributed by atoms with Crippen molar-refractivity contribution in [1.29, 1.82) is 0 Å². The maximum Gasteiger partial charge on any atom is 0.113 e. The summed E-state index contributed by atoms with van der Waals surface area (Å²) >= 11 is 6.32. The molecule has 0 aliphatic carbocycles. The highest BCUT2D eigenvalue weighted by molar-refractivity contribution is 6.31. The van der Waals surface area contributed by atoms with Crippen molar-refractivity contribution in [3.05, 3.63) is 69.7 Å². The van der Waals surface area contributed by atoms with E-state index in [1.54, 1.807) is 18.2 Å². The van der Waals surface area contributed by atoms with Gasteiger partial charge in [0.05, 0.1) is 6.61 Å². The average molecular weight is 389 g/mol. The summed E-state index contributed by atoms with van der Waals surface area (Å²) in [6.45, 7) is -0.469. The van der Waals surface area contributed by atoms with Gasteiger partial charge < -0.3 is 25.2 Å². The van der Waals surface area contributed by atoms with E-state index >= 15 is 0 Å². The van der Waals surface area contributed by atoms with Gasteiger partial charge in [0, 0.05) is 10.6 Å². The SMILES string of the molecule is C#Cc1ccc(Cc2cc([C@@H]3O[C@H](CO)[C@@H](O)C(O)[C@H]3O)ccc2Cl)cc1. The smallest absolute Gasteiger partial charge is 0.113 e. The summed E-state index contributed by atoms with van der Waals surface area (Å²) in [5, 5.41) is 40.2. The molecule has 1 saturated heterocycles. The van der Waals surface area contributed by atoms with Crippen LogP contribution in [0.5, 0.6) is 0 Å². The molecule has 0 spiro atoms. The zero-order valence-electron chi connectivity index (χ0n) is 14.5. The van der Waals surface area contributed by atoms with Crippen LogP contribution in [0.15, 0.2) is 42.5 Å². The molecule has 1 heterocycles. The third-order valence-corrected chi connectivity index (χ3v) is 5.17. The summed E-state index contributed by atoms with van der Waals surface area (Å²) in [6.07, 6.45) is -0.0554. The van der Waals surface area contributed by atoms with E-state index in [2.05, 4.69) is 5.92 Å². The zero-order chi connectivity index (χ0) is 19.6. The van der Waals surface area contributed by atoms with E-state index in [1.165, 1.54) is 0 Å². The van der Waals surface area contributed by atoms with Crippen LogP contribution in [0, 0.1) is 12.3 Å². The van der Waals surface area contributed by atoms with Crippen molar-refractivity contribution in [3.8, 4) is 12.3 Å². The summed E-state index contributed by atoms with van der Waals surface area (Å²) < 4.78 is 5.62. The third kappa shape index (κ3) is 4.17. The molecule has 0 bridgehead atoms. The lowest BCUT2D eigenvalue weighted by molar-refractivity contribution is -0.231. The maximum atomic E-state index is 10.3. The van der Waals surface area contributed by atoms with Crippen molar-refractivity contribution in [1.82, 2.24) is 0 Å². The molecule has 6 heteroatoms. The van der Waals surface area contributed by atoms with Crippen molar-refractivity contribution in [2.45, 2.75) is 36.9 Å². The number of terminal acetylenes is 1. The summed E-state index contributed by atoms with van der Waals surface area (Å²) in [4.78, 5) is 0. The molecule has 5 atom stereocenters. The van der Waals surface area contributed by atoms with E-state index in [9.17, 15) is 20.4 Å². The Labute approximate surface area is 162 Å². The molecule has 142 valence electrons. The Morgan fingerprint density at radius 3 is 2.33 bits per heavy atom. The number of halogens is 1. The van der Waals surface area contributed by atoms with Gasteiger partial charge in [-0.05, 0) is 41.3 Å². The van der Waals surface area contributed by atoms with Gasteiger partial charge in [-0.3, -0.25) is 0 Å². The molecule has 27 heavy (non-hydrogen) atoms. The van der Waals surface area contributed by atoms with E-state index in [0.29, 0.717) is 17.0 Å². The van der Waals surface area contributed by atoms with Crippen LogP contribution in [0.3, 0.4) is 0 Å². The Morgan fingerprint density at radius 1 is 1.00 bits per heavy atom. The zero-order valence-corrected chi connectivity index (χ0v) is 15.3. The van der Waals surface area contributed by atoms with Crippen molar-refractivity contribution in [3.63, 3.8) is 0 Å². The van der Waals surface area contributed by atoms with E-state index in [-0.39, 0.29) is 0 Å². The quantitative estimate of drug-likeness (QED) is 0.595. The minimum atomic E-state index is -1.42. The monoisotopic (exact) mass is 388 g/mol. The fourth-order valence-corrected chi connectivity index (χ4v) is 3.41. The van der Waals surface area contributed by atoms with E-state index in [1.807, 2.05) is 24.3 Å². The van der Waals surface area contributed by atoms with Gasteiger partial charge in [-0.15, -0.1) is 6.42 Å². The number of hydrogen-bond donors (Lipinski definition) is 4. The highest BCUT2D eigenvalue weighted by atomic mass is 35.5. The second-order valence-corrected chi connectivity index (χ2v) is 7.03. The molecular weight excluding hydrogens is 368 g/mol. The molecule has 1 aliphatic rings. The van der Waals surface area contributed by atoms with E-state index < -0.39 is 37.1 Å².